The summed E-state index contributed by atoms with van der Waals surface area (Å²) >= 11 is 6.44. The predicted octanol–water partition coefficient (Wildman–Crippen LogP) is 3.81. The molecule has 2 N–H and O–H groups in total. The Hall–Kier alpha value is -1.51. The Morgan fingerprint density at radius 3 is 2.60 bits per heavy atom. The van der Waals surface area contributed by atoms with Crippen molar-refractivity contribution in [3.05, 3.63) is 63.7 Å². The van der Waals surface area contributed by atoms with Gasteiger partial charge in [-0.05, 0) is 54.4 Å². The quantitative estimate of drug-likeness (QED) is 0.808. The zero-order valence-corrected chi connectivity index (χ0v) is 12.6. The number of halogens is 1. The molecule has 0 saturated heterocycles. The van der Waals surface area contributed by atoms with E-state index in [0.29, 0.717) is 5.92 Å². The lowest BCUT2D eigenvalue weighted by Gasteiger charge is -2.33. The molecule has 104 valence electrons. The minimum absolute atomic E-state index is 0.363. The lowest BCUT2D eigenvalue weighted by Crippen LogP contribution is -2.31. The van der Waals surface area contributed by atoms with Gasteiger partial charge in [0.2, 0.25) is 0 Å². The number of rotatable bonds is 1. The van der Waals surface area contributed by atoms with Crippen LogP contribution in [0.5, 0.6) is 0 Å². The van der Waals surface area contributed by atoms with E-state index in [4.69, 9.17) is 17.3 Å². The Labute approximate surface area is 125 Å². The SMILES string of the molecule is Cc1cc(Cl)c2c(c1)C(c1ccc(N)cc1)CN(C)C2. The molecular weight excluding hydrogens is 268 g/mol. The van der Waals surface area contributed by atoms with Crippen molar-refractivity contribution in [2.24, 2.45) is 0 Å². The second kappa shape index (κ2) is 5.12. The van der Waals surface area contributed by atoms with Gasteiger partial charge in [-0.1, -0.05) is 29.8 Å². The Morgan fingerprint density at radius 2 is 1.90 bits per heavy atom. The maximum atomic E-state index is 6.44. The Balaban J connectivity index is 2.12. The van der Waals surface area contributed by atoms with Crippen LogP contribution in [-0.4, -0.2) is 18.5 Å². The van der Waals surface area contributed by atoms with Crippen LogP contribution in [0, 0.1) is 6.92 Å². The first-order valence-electron chi connectivity index (χ1n) is 6.87. The molecule has 1 aliphatic heterocycles. The van der Waals surface area contributed by atoms with E-state index in [-0.39, 0.29) is 0 Å². The molecule has 3 heteroatoms. The van der Waals surface area contributed by atoms with E-state index < -0.39 is 0 Å². The van der Waals surface area contributed by atoms with Crippen molar-refractivity contribution < 1.29 is 0 Å². The highest BCUT2D eigenvalue weighted by molar-refractivity contribution is 6.31. The standard InChI is InChI=1S/C17H19ClN2/c1-11-7-14-15(12-3-5-13(19)6-4-12)9-20(2)10-16(14)17(18)8-11/h3-8,15H,9-10,19H2,1-2H3. The van der Waals surface area contributed by atoms with E-state index >= 15 is 0 Å². The van der Waals surface area contributed by atoms with Gasteiger partial charge in [0, 0.05) is 29.7 Å². The van der Waals surface area contributed by atoms with Crippen molar-refractivity contribution >= 4 is 17.3 Å². The number of hydrogen-bond donors (Lipinski definition) is 1. The molecule has 1 unspecified atom stereocenters. The number of benzene rings is 2. The van der Waals surface area contributed by atoms with Gasteiger partial charge < -0.3 is 10.6 Å². The zero-order valence-electron chi connectivity index (χ0n) is 11.9. The van der Waals surface area contributed by atoms with Gasteiger partial charge in [0.05, 0.1) is 0 Å². The van der Waals surface area contributed by atoms with Gasteiger partial charge in [0.1, 0.15) is 0 Å². The summed E-state index contributed by atoms with van der Waals surface area (Å²) in [5.41, 5.74) is 11.7. The molecule has 0 amide bonds. The van der Waals surface area contributed by atoms with Gasteiger partial charge in [-0.15, -0.1) is 0 Å². The first-order chi connectivity index (χ1) is 9.54. The van der Waals surface area contributed by atoms with Gasteiger partial charge >= 0.3 is 0 Å². The summed E-state index contributed by atoms with van der Waals surface area (Å²) in [6, 6.07) is 12.5. The van der Waals surface area contributed by atoms with Crippen LogP contribution in [0.1, 0.15) is 28.2 Å². The van der Waals surface area contributed by atoms with E-state index in [1.54, 1.807) is 0 Å². The summed E-state index contributed by atoms with van der Waals surface area (Å²) in [4.78, 5) is 2.32. The molecule has 20 heavy (non-hydrogen) atoms. The summed E-state index contributed by atoms with van der Waals surface area (Å²) in [5.74, 6) is 0.363. The Morgan fingerprint density at radius 1 is 1.20 bits per heavy atom. The Kier molecular flexibility index (Phi) is 3.45. The fourth-order valence-corrected chi connectivity index (χ4v) is 3.38. The largest absolute Gasteiger partial charge is 0.399 e. The molecule has 0 bridgehead atoms. The van der Waals surface area contributed by atoms with E-state index in [2.05, 4.69) is 43.1 Å². The molecule has 0 saturated carbocycles. The summed E-state index contributed by atoms with van der Waals surface area (Å²) in [6.07, 6.45) is 0. The van der Waals surface area contributed by atoms with Gasteiger partial charge in [-0.25, -0.2) is 0 Å². The van der Waals surface area contributed by atoms with Crippen LogP contribution in [0.2, 0.25) is 5.02 Å². The van der Waals surface area contributed by atoms with Gasteiger partial charge in [-0.3, -0.25) is 0 Å². The highest BCUT2D eigenvalue weighted by Crippen LogP contribution is 2.37. The molecule has 2 nitrogen and oxygen atoms in total. The van der Waals surface area contributed by atoms with Crippen molar-refractivity contribution in [2.45, 2.75) is 19.4 Å². The Bertz CT molecular complexity index is 634. The number of nitrogens with zero attached hydrogens (tertiary/aromatic N) is 1. The number of anilines is 1. The third kappa shape index (κ3) is 2.41. The second-order valence-corrected chi connectivity index (χ2v) is 6.14. The van der Waals surface area contributed by atoms with E-state index in [1.165, 1.54) is 22.3 Å². The van der Waals surface area contributed by atoms with Gasteiger partial charge in [0.15, 0.2) is 0 Å². The molecule has 0 spiro atoms. The average Bonchev–Trinajstić information content (AvgIpc) is 2.40. The highest BCUT2D eigenvalue weighted by Gasteiger charge is 2.26. The third-order valence-electron chi connectivity index (χ3n) is 4.01. The molecule has 0 radical (unpaired) electrons. The van der Waals surface area contributed by atoms with Crippen LogP contribution in [0.25, 0.3) is 0 Å². The average molecular weight is 287 g/mol. The summed E-state index contributed by atoms with van der Waals surface area (Å²) in [7, 11) is 2.14. The smallest absolute Gasteiger partial charge is 0.0456 e. The van der Waals surface area contributed by atoms with Crippen molar-refractivity contribution in [1.29, 1.82) is 0 Å². The normalized spacial score (nSPS) is 18.9. The third-order valence-corrected chi connectivity index (χ3v) is 4.35. The van der Waals surface area contributed by atoms with Crippen LogP contribution in [0.4, 0.5) is 5.69 Å². The minimum atomic E-state index is 0.363. The topological polar surface area (TPSA) is 29.3 Å². The molecule has 3 rings (SSSR count). The maximum absolute atomic E-state index is 6.44. The first kappa shape index (κ1) is 13.5. The van der Waals surface area contributed by atoms with Crippen LogP contribution < -0.4 is 5.73 Å². The van der Waals surface area contributed by atoms with Crippen molar-refractivity contribution in [2.75, 3.05) is 19.3 Å². The lowest BCUT2D eigenvalue weighted by molar-refractivity contribution is 0.295. The number of hydrogen-bond acceptors (Lipinski definition) is 2. The molecule has 1 heterocycles. The van der Waals surface area contributed by atoms with Crippen molar-refractivity contribution in [3.8, 4) is 0 Å². The molecule has 1 aliphatic rings. The van der Waals surface area contributed by atoms with Crippen LogP contribution in [-0.2, 0) is 6.54 Å². The first-order valence-corrected chi connectivity index (χ1v) is 7.25. The molecule has 0 aromatic heterocycles. The number of likely N-dealkylation sites (N-methyl/N-ethyl adjacent to an activating group) is 1. The van der Waals surface area contributed by atoms with Crippen LogP contribution in [0.15, 0.2) is 36.4 Å². The van der Waals surface area contributed by atoms with Gasteiger partial charge in [0.25, 0.3) is 0 Å². The van der Waals surface area contributed by atoms with Crippen LogP contribution >= 0.6 is 11.6 Å². The maximum Gasteiger partial charge on any atom is 0.0456 e. The highest BCUT2D eigenvalue weighted by atomic mass is 35.5. The lowest BCUT2D eigenvalue weighted by atomic mass is 9.84. The molecule has 0 fully saturated rings. The molecule has 1 atom stereocenters. The molecule has 0 aliphatic carbocycles. The van der Waals surface area contributed by atoms with E-state index in [1.807, 2.05) is 12.1 Å². The van der Waals surface area contributed by atoms with Crippen molar-refractivity contribution in [3.63, 3.8) is 0 Å². The monoisotopic (exact) mass is 286 g/mol. The summed E-state index contributed by atoms with van der Waals surface area (Å²) < 4.78 is 0. The molecule has 2 aromatic rings. The van der Waals surface area contributed by atoms with E-state index in [9.17, 15) is 0 Å². The summed E-state index contributed by atoms with van der Waals surface area (Å²) in [6.45, 7) is 4.03. The summed E-state index contributed by atoms with van der Waals surface area (Å²) in [5, 5.41) is 0.881. The minimum Gasteiger partial charge on any atom is -0.399 e. The molecular formula is C17H19ClN2. The van der Waals surface area contributed by atoms with E-state index in [0.717, 1.165) is 23.8 Å². The molecule has 2 aromatic carbocycles. The fourth-order valence-electron chi connectivity index (χ4n) is 3.03. The fraction of sp³-hybridized carbons (Fsp3) is 0.294. The number of nitrogens with two attached hydrogens (primary N) is 1. The number of nitrogen functional groups attached to an aromatic ring is 1. The van der Waals surface area contributed by atoms with Crippen molar-refractivity contribution in [1.82, 2.24) is 4.90 Å². The van der Waals surface area contributed by atoms with Gasteiger partial charge in [-0.2, -0.15) is 0 Å². The zero-order chi connectivity index (χ0) is 14.3. The predicted molar refractivity (Wildman–Crippen MR) is 85.2 cm³/mol. The second-order valence-electron chi connectivity index (χ2n) is 5.73. The van der Waals surface area contributed by atoms with Crippen LogP contribution in [0.3, 0.4) is 0 Å². The number of aryl methyl sites for hydroxylation is 1. The number of fused-ring (bicyclic) bond motifs is 1.